The van der Waals surface area contributed by atoms with Gasteiger partial charge in [0.25, 0.3) is 0 Å². The molecule has 0 aliphatic rings. The van der Waals surface area contributed by atoms with E-state index in [1.165, 1.54) is 0 Å². The topological polar surface area (TPSA) is 51.4 Å². The number of nitrogens with zero attached hydrogens (tertiary/aromatic N) is 2. The number of thiocarbonyl (C=S) groups is 1. The fraction of sp³-hybridized carbons (Fsp3) is 0.143. The van der Waals surface area contributed by atoms with Gasteiger partial charge in [0.1, 0.15) is 16.6 Å². The molecule has 0 amide bonds. The first kappa shape index (κ1) is 13.3. The fourth-order valence-electron chi connectivity index (χ4n) is 1.68. The second-order valence-corrected chi connectivity index (χ2v) is 4.47. The van der Waals surface area contributed by atoms with Gasteiger partial charge in [-0.05, 0) is 24.3 Å². The molecule has 0 radical (unpaired) electrons. The number of pyridine rings is 1. The van der Waals surface area contributed by atoms with Crippen molar-refractivity contribution < 1.29 is 4.74 Å². The highest BCUT2D eigenvalue weighted by molar-refractivity contribution is 7.80. The largest absolute Gasteiger partial charge is 0.497 e. The average Bonchev–Trinajstić information content (AvgIpc) is 2.46. The van der Waals surface area contributed by atoms with Gasteiger partial charge in [-0.3, -0.25) is 0 Å². The third kappa shape index (κ3) is 3.00. The minimum Gasteiger partial charge on any atom is -0.497 e. The van der Waals surface area contributed by atoms with Gasteiger partial charge in [0, 0.05) is 30.6 Å². The summed E-state index contributed by atoms with van der Waals surface area (Å²) in [6.07, 6.45) is 1.67. The van der Waals surface area contributed by atoms with Gasteiger partial charge in [0.05, 0.1) is 7.11 Å². The van der Waals surface area contributed by atoms with Crippen LogP contribution < -0.4 is 15.4 Å². The standard InChI is InChI=1S/C14H15N3OS/c1-17(11-4-3-5-12(8-11)18-2)13-7-6-10(9-16-13)14(15)19/h3-9H,1-2H3,(H2,15,19). The van der Waals surface area contributed by atoms with Crippen molar-refractivity contribution in [3.8, 4) is 5.75 Å². The lowest BCUT2D eigenvalue weighted by Crippen LogP contribution is -2.13. The van der Waals surface area contributed by atoms with Gasteiger partial charge in [-0.25, -0.2) is 4.98 Å². The van der Waals surface area contributed by atoms with Crippen LogP contribution in [-0.4, -0.2) is 24.1 Å². The zero-order valence-corrected chi connectivity index (χ0v) is 11.6. The summed E-state index contributed by atoms with van der Waals surface area (Å²) in [6.45, 7) is 0. The Balaban J connectivity index is 2.27. The summed E-state index contributed by atoms with van der Waals surface area (Å²) >= 11 is 4.90. The Morgan fingerprint density at radius 3 is 2.68 bits per heavy atom. The average molecular weight is 273 g/mol. The molecule has 4 nitrogen and oxygen atoms in total. The molecule has 0 saturated carbocycles. The maximum atomic E-state index is 5.55. The predicted octanol–water partition coefficient (Wildman–Crippen LogP) is 2.49. The Morgan fingerprint density at radius 2 is 2.11 bits per heavy atom. The minimum atomic E-state index is 0.350. The van der Waals surface area contributed by atoms with Gasteiger partial charge in [0.2, 0.25) is 0 Å². The van der Waals surface area contributed by atoms with E-state index in [2.05, 4.69) is 4.98 Å². The Labute approximate surface area is 117 Å². The van der Waals surface area contributed by atoms with Crippen molar-refractivity contribution in [2.75, 3.05) is 19.1 Å². The Bertz CT molecular complexity index is 583. The third-order valence-corrected chi connectivity index (χ3v) is 3.05. The van der Waals surface area contributed by atoms with Crippen LogP contribution in [0.2, 0.25) is 0 Å². The molecule has 2 aromatic rings. The predicted molar refractivity (Wildman–Crippen MR) is 81.2 cm³/mol. The van der Waals surface area contributed by atoms with E-state index in [4.69, 9.17) is 22.7 Å². The molecule has 0 saturated heterocycles. The summed E-state index contributed by atoms with van der Waals surface area (Å²) < 4.78 is 5.21. The van der Waals surface area contributed by atoms with E-state index in [1.807, 2.05) is 48.3 Å². The Kier molecular flexibility index (Phi) is 3.97. The molecular formula is C14H15N3OS. The molecule has 98 valence electrons. The van der Waals surface area contributed by atoms with Crippen molar-refractivity contribution in [3.05, 3.63) is 48.2 Å². The lowest BCUT2D eigenvalue weighted by molar-refractivity contribution is 0.415. The normalized spacial score (nSPS) is 10.0. The number of aromatic nitrogens is 1. The third-order valence-electron chi connectivity index (χ3n) is 2.82. The number of rotatable bonds is 4. The molecule has 1 aromatic carbocycles. The van der Waals surface area contributed by atoms with E-state index in [-0.39, 0.29) is 0 Å². The van der Waals surface area contributed by atoms with Crippen molar-refractivity contribution in [2.45, 2.75) is 0 Å². The highest BCUT2D eigenvalue weighted by Gasteiger charge is 2.06. The Hall–Kier alpha value is -2.14. The van der Waals surface area contributed by atoms with Crippen molar-refractivity contribution >= 4 is 28.7 Å². The first-order chi connectivity index (χ1) is 9.11. The molecule has 0 unspecified atom stereocenters. The first-order valence-corrected chi connectivity index (χ1v) is 6.16. The monoisotopic (exact) mass is 273 g/mol. The van der Waals surface area contributed by atoms with E-state index >= 15 is 0 Å². The smallest absolute Gasteiger partial charge is 0.132 e. The van der Waals surface area contributed by atoms with Crippen LogP contribution in [0.5, 0.6) is 5.75 Å². The van der Waals surface area contributed by atoms with E-state index in [0.29, 0.717) is 4.99 Å². The van der Waals surface area contributed by atoms with Gasteiger partial charge in [0.15, 0.2) is 0 Å². The fourth-order valence-corrected chi connectivity index (χ4v) is 1.80. The number of benzene rings is 1. The van der Waals surface area contributed by atoms with E-state index in [1.54, 1.807) is 13.3 Å². The van der Waals surface area contributed by atoms with E-state index in [9.17, 15) is 0 Å². The molecule has 1 heterocycles. The molecule has 0 aliphatic carbocycles. The number of anilines is 2. The number of hydrogen-bond acceptors (Lipinski definition) is 4. The Morgan fingerprint density at radius 1 is 1.32 bits per heavy atom. The summed E-state index contributed by atoms with van der Waals surface area (Å²) in [5, 5.41) is 0. The second kappa shape index (κ2) is 5.67. The van der Waals surface area contributed by atoms with Gasteiger partial charge in [-0.1, -0.05) is 18.3 Å². The van der Waals surface area contributed by atoms with Crippen molar-refractivity contribution in [1.29, 1.82) is 0 Å². The van der Waals surface area contributed by atoms with Crippen LogP contribution in [0.4, 0.5) is 11.5 Å². The number of methoxy groups -OCH3 is 1. The van der Waals surface area contributed by atoms with Gasteiger partial charge >= 0.3 is 0 Å². The van der Waals surface area contributed by atoms with Gasteiger partial charge < -0.3 is 15.4 Å². The molecule has 0 spiro atoms. The van der Waals surface area contributed by atoms with Crippen LogP contribution in [-0.2, 0) is 0 Å². The van der Waals surface area contributed by atoms with E-state index < -0.39 is 0 Å². The number of hydrogen-bond donors (Lipinski definition) is 1. The van der Waals surface area contributed by atoms with Crippen LogP contribution >= 0.6 is 12.2 Å². The van der Waals surface area contributed by atoms with Crippen molar-refractivity contribution in [2.24, 2.45) is 5.73 Å². The van der Waals surface area contributed by atoms with Crippen LogP contribution in [0.3, 0.4) is 0 Å². The summed E-state index contributed by atoms with van der Waals surface area (Å²) in [6, 6.07) is 11.5. The molecule has 2 N–H and O–H groups in total. The van der Waals surface area contributed by atoms with Crippen LogP contribution in [0.15, 0.2) is 42.6 Å². The molecular weight excluding hydrogens is 258 g/mol. The summed E-state index contributed by atoms with van der Waals surface area (Å²) in [7, 11) is 3.59. The van der Waals surface area contributed by atoms with Crippen LogP contribution in [0, 0.1) is 0 Å². The van der Waals surface area contributed by atoms with Crippen LogP contribution in [0.25, 0.3) is 0 Å². The zero-order valence-electron chi connectivity index (χ0n) is 10.8. The number of nitrogens with two attached hydrogens (primary N) is 1. The highest BCUT2D eigenvalue weighted by Crippen LogP contribution is 2.25. The maximum absolute atomic E-state index is 5.55. The molecule has 2 rings (SSSR count). The molecule has 5 heteroatoms. The molecule has 0 aliphatic heterocycles. The van der Waals surface area contributed by atoms with Crippen molar-refractivity contribution in [1.82, 2.24) is 4.98 Å². The van der Waals surface area contributed by atoms with Gasteiger partial charge in [-0.15, -0.1) is 0 Å². The second-order valence-electron chi connectivity index (χ2n) is 4.03. The van der Waals surface area contributed by atoms with Crippen molar-refractivity contribution in [3.63, 3.8) is 0 Å². The summed E-state index contributed by atoms with van der Waals surface area (Å²) in [5.74, 6) is 1.62. The number of ether oxygens (including phenoxy) is 1. The summed E-state index contributed by atoms with van der Waals surface area (Å²) in [4.78, 5) is 6.66. The molecule has 1 aromatic heterocycles. The molecule has 0 bridgehead atoms. The molecule has 19 heavy (non-hydrogen) atoms. The lowest BCUT2D eigenvalue weighted by Gasteiger charge is -2.19. The quantitative estimate of drug-likeness (QED) is 0.867. The summed E-state index contributed by atoms with van der Waals surface area (Å²) in [5.41, 5.74) is 7.31. The first-order valence-electron chi connectivity index (χ1n) is 5.75. The SMILES string of the molecule is COc1cccc(N(C)c2ccc(C(N)=S)cn2)c1. The molecule has 0 atom stereocenters. The van der Waals surface area contributed by atoms with E-state index in [0.717, 1.165) is 22.8 Å². The zero-order chi connectivity index (χ0) is 13.8. The molecule has 0 fully saturated rings. The lowest BCUT2D eigenvalue weighted by atomic mass is 10.2. The van der Waals surface area contributed by atoms with Gasteiger partial charge in [-0.2, -0.15) is 0 Å². The minimum absolute atomic E-state index is 0.350. The van der Waals surface area contributed by atoms with Crippen LogP contribution in [0.1, 0.15) is 5.56 Å². The maximum Gasteiger partial charge on any atom is 0.132 e. The highest BCUT2D eigenvalue weighted by atomic mass is 32.1.